The minimum atomic E-state index is 0.197. The van der Waals surface area contributed by atoms with Gasteiger partial charge in [0.05, 0.1) is 12.2 Å². The Labute approximate surface area is 116 Å². The van der Waals surface area contributed by atoms with E-state index in [0.717, 1.165) is 12.2 Å². The number of rotatable bonds is 6. The monoisotopic (exact) mass is 263 g/mol. The molecule has 1 aliphatic rings. The normalized spacial score (nSPS) is 17.8. The Morgan fingerprint density at radius 1 is 1.37 bits per heavy atom. The third kappa shape index (κ3) is 2.90. The van der Waals surface area contributed by atoms with E-state index in [0.29, 0.717) is 6.54 Å². The number of aromatic nitrogens is 1. The number of hydrogen-bond donors (Lipinski definition) is 0. The van der Waals surface area contributed by atoms with Crippen LogP contribution in [-0.2, 0) is 7.05 Å². The summed E-state index contributed by atoms with van der Waals surface area (Å²) in [6.45, 7) is 1.46. The highest BCUT2D eigenvalue weighted by Crippen LogP contribution is 2.36. The molecule has 0 N–H and O–H groups in total. The molecular weight excluding hydrogens is 238 g/mol. The Bertz CT molecular complexity index is 446. The van der Waals surface area contributed by atoms with Crippen LogP contribution in [0.5, 0.6) is 0 Å². The molecule has 0 unspecified atom stereocenters. The number of hydrogen-bond acceptors (Lipinski definition) is 3. The highest BCUT2D eigenvalue weighted by Gasteiger charge is 2.39. The van der Waals surface area contributed by atoms with E-state index in [1.807, 2.05) is 37.0 Å². The maximum atomic E-state index is 12.2. The zero-order valence-corrected chi connectivity index (χ0v) is 12.5. The first kappa shape index (κ1) is 14.3. The summed E-state index contributed by atoms with van der Waals surface area (Å²) in [6.07, 6.45) is 5.70. The number of ketones is 1. The van der Waals surface area contributed by atoms with Crippen molar-refractivity contribution in [1.82, 2.24) is 14.4 Å². The van der Waals surface area contributed by atoms with Gasteiger partial charge in [-0.05, 0) is 52.5 Å². The van der Waals surface area contributed by atoms with E-state index < -0.39 is 0 Å². The van der Waals surface area contributed by atoms with Crippen LogP contribution in [0.4, 0.5) is 0 Å². The minimum Gasteiger partial charge on any atom is -0.348 e. The van der Waals surface area contributed by atoms with E-state index in [9.17, 15) is 4.79 Å². The molecule has 1 aromatic heterocycles. The summed E-state index contributed by atoms with van der Waals surface area (Å²) in [7, 11) is 8.25. The van der Waals surface area contributed by atoms with Crippen LogP contribution in [0.1, 0.15) is 29.8 Å². The summed E-state index contributed by atoms with van der Waals surface area (Å²) in [5.41, 5.74) is 1.07. The Balaban J connectivity index is 1.93. The topological polar surface area (TPSA) is 28.5 Å². The molecule has 1 aliphatic carbocycles. The Hall–Kier alpha value is -1.13. The highest BCUT2D eigenvalue weighted by atomic mass is 16.1. The Morgan fingerprint density at radius 3 is 2.47 bits per heavy atom. The molecule has 0 bridgehead atoms. The van der Waals surface area contributed by atoms with Gasteiger partial charge in [-0.3, -0.25) is 9.69 Å². The molecule has 2 rings (SSSR count). The van der Waals surface area contributed by atoms with Gasteiger partial charge in [-0.15, -0.1) is 0 Å². The molecule has 0 radical (unpaired) electrons. The minimum absolute atomic E-state index is 0.197. The van der Waals surface area contributed by atoms with E-state index >= 15 is 0 Å². The van der Waals surface area contributed by atoms with Crippen molar-refractivity contribution in [2.24, 2.45) is 7.05 Å². The zero-order valence-electron chi connectivity index (χ0n) is 12.5. The number of nitrogens with zero attached hydrogens (tertiary/aromatic N) is 3. The van der Waals surface area contributed by atoms with Gasteiger partial charge in [0.2, 0.25) is 0 Å². The van der Waals surface area contributed by atoms with Gasteiger partial charge in [-0.25, -0.2) is 0 Å². The number of aryl methyl sites for hydroxylation is 1. The SMILES string of the molecule is CN(CC(=O)c1cccn1C)CC1(N(C)C)CCC1. The molecule has 0 aliphatic heterocycles. The third-order valence-corrected chi connectivity index (χ3v) is 4.44. The van der Waals surface area contributed by atoms with Crippen LogP contribution < -0.4 is 0 Å². The van der Waals surface area contributed by atoms with Gasteiger partial charge >= 0.3 is 0 Å². The van der Waals surface area contributed by atoms with Crippen LogP contribution in [0.25, 0.3) is 0 Å². The van der Waals surface area contributed by atoms with Gasteiger partial charge in [-0.2, -0.15) is 0 Å². The van der Waals surface area contributed by atoms with Gasteiger partial charge < -0.3 is 9.47 Å². The first-order valence-corrected chi connectivity index (χ1v) is 6.95. The molecule has 0 aromatic carbocycles. The van der Waals surface area contributed by atoms with Crippen LogP contribution in [0.2, 0.25) is 0 Å². The molecular formula is C15H25N3O. The zero-order chi connectivity index (χ0) is 14.0. The van der Waals surface area contributed by atoms with Gasteiger partial charge in [0.25, 0.3) is 0 Å². The molecule has 0 spiro atoms. The summed E-state index contributed by atoms with van der Waals surface area (Å²) >= 11 is 0. The first-order valence-electron chi connectivity index (χ1n) is 6.95. The van der Waals surface area contributed by atoms with E-state index in [1.165, 1.54) is 19.3 Å². The fraction of sp³-hybridized carbons (Fsp3) is 0.667. The Morgan fingerprint density at radius 2 is 2.05 bits per heavy atom. The lowest BCUT2D eigenvalue weighted by Gasteiger charge is -2.49. The second kappa shape index (κ2) is 5.47. The van der Waals surface area contributed by atoms with Crippen molar-refractivity contribution in [3.05, 3.63) is 24.0 Å². The first-order chi connectivity index (χ1) is 8.94. The van der Waals surface area contributed by atoms with Crippen molar-refractivity contribution in [3.63, 3.8) is 0 Å². The van der Waals surface area contributed by atoms with Gasteiger partial charge in [-0.1, -0.05) is 0 Å². The molecule has 1 aromatic rings. The van der Waals surface area contributed by atoms with Crippen LogP contribution >= 0.6 is 0 Å². The maximum absolute atomic E-state index is 12.2. The lowest BCUT2D eigenvalue weighted by atomic mass is 9.75. The second-order valence-corrected chi connectivity index (χ2v) is 6.07. The highest BCUT2D eigenvalue weighted by molar-refractivity contribution is 5.96. The summed E-state index contributed by atoms with van der Waals surface area (Å²) in [5, 5.41) is 0. The van der Waals surface area contributed by atoms with Crippen molar-refractivity contribution in [1.29, 1.82) is 0 Å². The summed E-state index contributed by atoms with van der Waals surface area (Å²) in [6, 6.07) is 3.81. The molecule has 1 heterocycles. The molecule has 1 fully saturated rings. The standard InChI is InChI=1S/C15H25N3O/c1-16(2)15(8-6-9-15)12-17(3)11-14(19)13-7-5-10-18(13)4/h5,7,10H,6,8-9,11-12H2,1-4H3. The average molecular weight is 263 g/mol. The maximum Gasteiger partial charge on any atom is 0.193 e. The van der Waals surface area contributed by atoms with Crippen LogP contribution in [0, 0.1) is 0 Å². The van der Waals surface area contributed by atoms with E-state index in [2.05, 4.69) is 23.9 Å². The van der Waals surface area contributed by atoms with Crippen molar-refractivity contribution < 1.29 is 4.79 Å². The summed E-state index contributed by atoms with van der Waals surface area (Å²) < 4.78 is 1.89. The summed E-state index contributed by atoms with van der Waals surface area (Å²) in [5.74, 6) is 0.197. The smallest absolute Gasteiger partial charge is 0.193 e. The largest absolute Gasteiger partial charge is 0.348 e. The van der Waals surface area contributed by atoms with Gasteiger partial charge in [0.15, 0.2) is 5.78 Å². The molecule has 0 atom stereocenters. The Kier molecular flexibility index (Phi) is 4.11. The lowest BCUT2D eigenvalue weighted by Crippen LogP contribution is -2.57. The van der Waals surface area contributed by atoms with Gasteiger partial charge in [0, 0.05) is 25.3 Å². The molecule has 19 heavy (non-hydrogen) atoms. The van der Waals surface area contributed by atoms with Crippen molar-refractivity contribution in [2.75, 3.05) is 34.2 Å². The van der Waals surface area contributed by atoms with E-state index in [-0.39, 0.29) is 11.3 Å². The van der Waals surface area contributed by atoms with Gasteiger partial charge in [0.1, 0.15) is 0 Å². The molecule has 4 nitrogen and oxygen atoms in total. The predicted molar refractivity (Wildman–Crippen MR) is 77.5 cm³/mol. The lowest BCUT2D eigenvalue weighted by molar-refractivity contribution is 0.0279. The molecule has 0 saturated heterocycles. The molecule has 1 saturated carbocycles. The number of Topliss-reactive ketones (excluding diaryl/α,β-unsaturated/α-hetero) is 1. The summed E-state index contributed by atoms with van der Waals surface area (Å²) in [4.78, 5) is 16.7. The third-order valence-electron chi connectivity index (χ3n) is 4.44. The number of likely N-dealkylation sites (N-methyl/N-ethyl adjacent to an activating group) is 2. The average Bonchev–Trinajstić information content (AvgIpc) is 2.69. The number of carbonyl (C=O) groups is 1. The second-order valence-electron chi connectivity index (χ2n) is 6.07. The van der Waals surface area contributed by atoms with Crippen molar-refractivity contribution >= 4 is 5.78 Å². The quantitative estimate of drug-likeness (QED) is 0.730. The van der Waals surface area contributed by atoms with Crippen LogP contribution in [0.15, 0.2) is 18.3 Å². The van der Waals surface area contributed by atoms with Crippen LogP contribution in [0.3, 0.4) is 0 Å². The van der Waals surface area contributed by atoms with Crippen molar-refractivity contribution in [2.45, 2.75) is 24.8 Å². The molecule has 4 heteroatoms. The van der Waals surface area contributed by atoms with Crippen molar-refractivity contribution in [3.8, 4) is 0 Å². The molecule has 106 valence electrons. The van der Waals surface area contributed by atoms with E-state index in [4.69, 9.17) is 0 Å². The fourth-order valence-electron chi connectivity index (χ4n) is 2.97. The fourth-order valence-corrected chi connectivity index (χ4v) is 2.97. The van der Waals surface area contributed by atoms with Crippen LogP contribution in [-0.4, -0.2) is 59.9 Å². The predicted octanol–water partition coefficient (Wildman–Crippen LogP) is 1.62. The van der Waals surface area contributed by atoms with E-state index in [1.54, 1.807) is 0 Å². The number of carbonyl (C=O) groups excluding carboxylic acids is 1. The molecule has 0 amide bonds.